The number of amidine groups is 1. The van der Waals surface area contributed by atoms with Crippen LogP contribution in [-0.2, 0) is 0 Å². The maximum Gasteiger partial charge on any atom is 0.150 e. The number of rotatable bonds is 5. The van der Waals surface area contributed by atoms with Crippen molar-refractivity contribution >= 4 is 35.1 Å². The number of carbonyl (C=O) groups excluding carboxylic acids is 1. The first-order chi connectivity index (χ1) is 11.1. The highest BCUT2D eigenvalue weighted by molar-refractivity contribution is 6.30. The largest absolute Gasteiger partial charge is 0.344 e. The molecule has 0 heterocycles. The number of nitrogens with zero attached hydrogens (tertiary/aromatic N) is 1. The molecule has 0 atom stereocenters. The summed E-state index contributed by atoms with van der Waals surface area (Å²) >= 11 is 5.92. The lowest BCUT2D eigenvalue weighted by Gasteiger charge is -2.08. The van der Waals surface area contributed by atoms with Gasteiger partial charge in [-0.25, -0.2) is 4.99 Å². The quantitative estimate of drug-likeness (QED) is 0.355. The molecule has 0 unspecified atom stereocenters. The van der Waals surface area contributed by atoms with Gasteiger partial charge in [0.1, 0.15) is 12.1 Å². The lowest BCUT2D eigenvalue weighted by atomic mass is 10.1. The molecule has 0 amide bonds. The number of anilines is 1. The topological polar surface area (TPSA) is 41.5 Å². The maximum absolute atomic E-state index is 10.7. The van der Waals surface area contributed by atoms with Crippen molar-refractivity contribution in [2.75, 3.05) is 5.32 Å². The summed E-state index contributed by atoms with van der Waals surface area (Å²) in [5, 5.41) is 3.88. The average Bonchev–Trinajstić information content (AvgIpc) is 2.56. The number of halogens is 1. The van der Waals surface area contributed by atoms with Crippen LogP contribution >= 0.6 is 11.6 Å². The molecule has 0 fully saturated rings. The van der Waals surface area contributed by atoms with Gasteiger partial charge in [-0.3, -0.25) is 4.79 Å². The van der Waals surface area contributed by atoms with Crippen LogP contribution in [-0.4, -0.2) is 12.1 Å². The minimum atomic E-state index is 0.638. The van der Waals surface area contributed by atoms with Gasteiger partial charge in [-0.15, -0.1) is 0 Å². The van der Waals surface area contributed by atoms with Gasteiger partial charge < -0.3 is 5.32 Å². The first-order valence-corrected chi connectivity index (χ1v) is 7.46. The Kier molecular flexibility index (Phi) is 5.89. The van der Waals surface area contributed by atoms with Crippen molar-refractivity contribution in [2.24, 2.45) is 4.99 Å². The van der Waals surface area contributed by atoms with Crippen LogP contribution in [0.5, 0.6) is 0 Å². The monoisotopic (exact) mass is 324 g/mol. The number of allylic oxidation sites excluding steroid dienone is 2. The number of aliphatic imine (C=N–C) groups is 1. The second-order valence-electron chi connectivity index (χ2n) is 4.86. The molecule has 2 aromatic rings. The average molecular weight is 325 g/mol. The lowest BCUT2D eigenvalue weighted by Crippen LogP contribution is -2.07. The molecule has 23 heavy (non-hydrogen) atoms. The van der Waals surface area contributed by atoms with Gasteiger partial charge in [-0.2, -0.15) is 0 Å². The van der Waals surface area contributed by atoms with Crippen LogP contribution in [0.1, 0.15) is 22.8 Å². The fourth-order valence-electron chi connectivity index (χ4n) is 1.99. The zero-order valence-electron chi connectivity index (χ0n) is 12.8. The number of benzene rings is 2. The van der Waals surface area contributed by atoms with Crippen LogP contribution in [0.15, 0.2) is 72.3 Å². The van der Waals surface area contributed by atoms with Crippen molar-refractivity contribution in [1.29, 1.82) is 0 Å². The Hall–Kier alpha value is -2.65. The Morgan fingerprint density at radius 1 is 1.13 bits per heavy atom. The number of hydrogen-bond acceptors (Lipinski definition) is 2. The van der Waals surface area contributed by atoms with Crippen LogP contribution in [0.25, 0.3) is 5.70 Å². The maximum atomic E-state index is 10.7. The van der Waals surface area contributed by atoms with Gasteiger partial charge in [0.2, 0.25) is 0 Å². The fourth-order valence-corrected chi connectivity index (χ4v) is 2.12. The molecule has 0 radical (unpaired) electrons. The second kappa shape index (κ2) is 8.11. The third kappa shape index (κ3) is 4.94. The van der Waals surface area contributed by atoms with E-state index >= 15 is 0 Å². The van der Waals surface area contributed by atoms with E-state index < -0.39 is 0 Å². The predicted molar refractivity (Wildman–Crippen MR) is 98.2 cm³/mol. The molecule has 3 nitrogen and oxygen atoms in total. The highest BCUT2D eigenvalue weighted by Gasteiger charge is 2.01. The van der Waals surface area contributed by atoms with Gasteiger partial charge in [0.25, 0.3) is 0 Å². The Balaban J connectivity index is 2.20. The molecule has 4 heteroatoms. The predicted octanol–water partition coefficient (Wildman–Crippen LogP) is 5.21. The van der Waals surface area contributed by atoms with E-state index in [1.807, 2.05) is 49.4 Å². The third-order valence-electron chi connectivity index (χ3n) is 3.08. The van der Waals surface area contributed by atoms with Gasteiger partial charge in [0.15, 0.2) is 0 Å². The van der Waals surface area contributed by atoms with E-state index in [9.17, 15) is 4.79 Å². The molecular weight excluding hydrogens is 308 g/mol. The second-order valence-corrected chi connectivity index (χ2v) is 5.29. The zero-order chi connectivity index (χ0) is 16.7. The van der Waals surface area contributed by atoms with Crippen molar-refractivity contribution < 1.29 is 4.79 Å². The van der Waals surface area contributed by atoms with Gasteiger partial charge in [0, 0.05) is 21.8 Å². The van der Waals surface area contributed by atoms with E-state index in [2.05, 4.69) is 16.9 Å². The van der Waals surface area contributed by atoms with Gasteiger partial charge in [-0.05, 0) is 49.4 Å². The van der Waals surface area contributed by atoms with Crippen LogP contribution < -0.4 is 5.32 Å². The number of aldehydes is 1. The SMILES string of the molecule is C=C/C=C(\N=C(C)Nc1ccc(C=O)cc1)c1ccc(Cl)cc1. The molecule has 0 saturated heterocycles. The summed E-state index contributed by atoms with van der Waals surface area (Å²) in [6.07, 6.45) is 4.35. The summed E-state index contributed by atoms with van der Waals surface area (Å²) in [6, 6.07) is 14.6. The van der Waals surface area contributed by atoms with E-state index in [-0.39, 0.29) is 0 Å². The Morgan fingerprint density at radius 2 is 1.78 bits per heavy atom. The zero-order valence-corrected chi connectivity index (χ0v) is 13.5. The molecule has 0 saturated carbocycles. The molecule has 0 spiro atoms. The van der Waals surface area contributed by atoms with Crippen molar-refractivity contribution in [2.45, 2.75) is 6.92 Å². The van der Waals surface area contributed by atoms with E-state index in [0.29, 0.717) is 10.6 Å². The van der Waals surface area contributed by atoms with E-state index in [1.165, 1.54) is 0 Å². The minimum absolute atomic E-state index is 0.638. The summed E-state index contributed by atoms with van der Waals surface area (Å²) in [5.74, 6) is 0.729. The highest BCUT2D eigenvalue weighted by Crippen LogP contribution is 2.19. The Bertz CT molecular complexity index is 744. The molecule has 0 aromatic heterocycles. The van der Waals surface area contributed by atoms with Crippen molar-refractivity contribution in [3.8, 4) is 0 Å². The molecule has 1 N–H and O–H groups in total. The van der Waals surface area contributed by atoms with Crippen LogP contribution in [0.2, 0.25) is 5.02 Å². The molecular formula is C19H17ClN2O. The first-order valence-electron chi connectivity index (χ1n) is 7.08. The lowest BCUT2D eigenvalue weighted by molar-refractivity contribution is 0.112. The number of carbonyl (C=O) groups is 1. The Labute approximate surface area is 141 Å². The molecule has 0 bridgehead atoms. The number of hydrogen-bond donors (Lipinski definition) is 1. The van der Waals surface area contributed by atoms with Crippen molar-refractivity contribution in [3.05, 3.63) is 83.4 Å². The van der Waals surface area contributed by atoms with E-state index in [0.717, 1.165) is 29.1 Å². The molecule has 0 aliphatic rings. The molecule has 116 valence electrons. The van der Waals surface area contributed by atoms with Crippen LogP contribution in [0.3, 0.4) is 0 Å². The van der Waals surface area contributed by atoms with Gasteiger partial charge in [0.05, 0.1) is 5.70 Å². The standard InChI is InChI=1S/C19H17ClN2O/c1-3-4-19(16-7-9-17(20)10-8-16)22-14(2)21-18-11-5-15(13-23)6-12-18/h3-13H,1H2,2H3,(H,21,22)/b19-4-. The van der Waals surface area contributed by atoms with Gasteiger partial charge in [-0.1, -0.05) is 36.4 Å². The summed E-state index contributed by atoms with van der Waals surface area (Å²) in [4.78, 5) is 15.3. The summed E-state index contributed by atoms with van der Waals surface area (Å²) in [6.45, 7) is 5.60. The van der Waals surface area contributed by atoms with Gasteiger partial charge >= 0.3 is 0 Å². The number of nitrogens with one attached hydrogen (secondary N) is 1. The van der Waals surface area contributed by atoms with Crippen LogP contribution in [0.4, 0.5) is 5.69 Å². The third-order valence-corrected chi connectivity index (χ3v) is 3.33. The van der Waals surface area contributed by atoms with E-state index in [4.69, 9.17) is 11.6 Å². The molecule has 0 aliphatic carbocycles. The molecule has 2 aromatic carbocycles. The van der Waals surface area contributed by atoms with Crippen LogP contribution in [0, 0.1) is 0 Å². The normalized spacial score (nSPS) is 11.9. The summed E-state index contributed by atoms with van der Waals surface area (Å²) in [7, 11) is 0. The smallest absolute Gasteiger partial charge is 0.150 e. The molecule has 2 rings (SSSR count). The first kappa shape index (κ1) is 16.7. The Morgan fingerprint density at radius 3 is 2.35 bits per heavy atom. The minimum Gasteiger partial charge on any atom is -0.344 e. The highest BCUT2D eigenvalue weighted by atomic mass is 35.5. The summed E-state index contributed by atoms with van der Waals surface area (Å²) < 4.78 is 0. The van der Waals surface area contributed by atoms with Crippen molar-refractivity contribution in [1.82, 2.24) is 0 Å². The fraction of sp³-hybridized carbons (Fsp3) is 0.0526. The van der Waals surface area contributed by atoms with Crippen molar-refractivity contribution in [3.63, 3.8) is 0 Å². The molecule has 0 aliphatic heterocycles. The van der Waals surface area contributed by atoms with E-state index in [1.54, 1.807) is 18.2 Å². The summed E-state index contributed by atoms with van der Waals surface area (Å²) in [5.41, 5.74) is 3.24.